The molecule has 1 aliphatic rings. The van der Waals surface area contributed by atoms with Crippen LogP contribution in [0.15, 0.2) is 66.1 Å². The van der Waals surface area contributed by atoms with Gasteiger partial charge >= 0.3 is 5.97 Å². The van der Waals surface area contributed by atoms with Crippen molar-refractivity contribution in [3.05, 3.63) is 87.2 Å². The van der Waals surface area contributed by atoms with Crippen molar-refractivity contribution in [2.45, 2.75) is 12.8 Å². The number of fused-ring (bicyclic) bond motifs is 3. The second kappa shape index (κ2) is 7.38. The van der Waals surface area contributed by atoms with Gasteiger partial charge in [0.15, 0.2) is 0 Å². The van der Waals surface area contributed by atoms with E-state index in [1.165, 1.54) is 0 Å². The third kappa shape index (κ3) is 3.09. The highest BCUT2D eigenvalue weighted by Gasteiger charge is 2.36. The van der Waals surface area contributed by atoms with E-state index in [0.29, 0.717) is 15.8 Å². The van der Waals surface area contributed by atoms with Crippen LogP contribution in [0, 0.1) is 0 Å². The van der Waals surface area contributed by atoms with Crippen molar-refractivity contribution in [2.24, 2.45) is 5.73 Å². The first kappa shape index (κ1) is 18.7. The van der Waals surface area contributed by atoms with Gasteiger partial charge in [0, 0.05) is 26.4 Å². The molecular formula is C22H17Cl2NO3. The fourth-order valence-electron chi connectivity index (χ4n) is 3.54. The molecular weight excluding hydrogens is 397 g/mol. The smallest absolute Gasteiger partial charge is 0.340 e. The zero-order chi connectivity index (χ0) is 19.8. The quantitative estimate of drug-likeness (QED) is 0.583. The number of benzene rings is 3. The molecule has 0 spiro atoms. The topological polar surface area (TPSA) is 61.5 Å². The maximum absolute atomic E-state index is 12.7. The van der Waals surface area contributed by atoms with Crippen LogP contribution in [-0.2, 0) is 9.53 Å². The van der Waals surface area contributed by atoms with Crippen molar-refractivity contribution in [1.82, 2.24) is 0 Å². The fourth-order valence-corrected chi connectivity index (χ4v) is 3.95. The van der Waals surface area contributed by atoms with Crippen molar-refractivity contribution in [1.29, 1.82) is 0 Å². The summed E-state index contributed by atoms with van der Waals surface area (Å²) in [6, 6.07) is 16.7. The summed E-state index contributed by atoms with van der Waals surface area (Å²) < 4.78 is 11.2. The Balaban J connectivity index is 2.01. The number of halogens is 2. The lowest BCUT2D eigenvalue weighted by atomic mass is 9.82. The fraction of sp³-hybridized carbons (Fsp3) is 0.136. The zero-order valence-corrected chi connectivity index (χ0v) is 16.6. The highest BCUT2D eigenvalue weighted by atomic mass is 35.5. The molecule has 0 unspecified atom stereocenters. The van der Waals surface area contributed by atoms with Crippen LogP contribution >= 0.6 is 23.2 Å². The summed E-state index contributed by atoms with van der Waals surface area (Å²) in [5.74, 6) is -0.388. The maximum Gasteiger partial charge on any atom is 0.340 e. The summed E-state index contributed by atoms with van der Waals surface area (Å²) in [5.41, 5.74) is 8.05. The molecule has 4 nitrogen and oxygen atoms in total. The molecule has 2 N–H and O–H groups in total. The van der Waals surface area contributed by atoms with E-state index in [2.05, 4.69) is 0 Å². The SMILES string of the molecule is CCOC(=O)C1=C(N)Oc2c(cc(Cl)c3ccccc23)[C@@H]1c1ccc(Cl)cc1. The van der Waals surface area contributed by atoms with Crippen LogP contribution in [0.4, 0.5) is 0 Å². The summed E-state index contributed by atoms with van der Waals surface area (Å²) in [7, 11) is 0. The van der Waals surface area contributed by atoms with Gasteiger partial charge in [0.1, 0.15) is 11.3 Å². The van der Waals surface area contributed by atoms with Gasteiger partial charge in [-0.15, -0.1) is 0 Å². The van der Waals surface area contributed by atoms with Crippen LogP contribution in [-0.4, -0.2) is 12.6 Å². The van der Waals surface area contributed by atoms with Crippen LogP contribution in [0.3, 0.4) is 0 Å². The Labute approximate surface area is 172 Å². The van der Waals surface area contributed by atoms with Crippen molar-refractivity contribution >= 4 is 39.9 Å². The first-order chi connectivity index (χ1) is 13.5. The van der Waals surface area contributed by atoms with E-state index >= 15 is 0 Å². The van der Waals surface area contributed by atoms with Crippen molar-refractivity contribution in [3.63, 3.8) is 0 Å². The highest BCUT2D eigenvalue weighted by molar-refractivity contribution is 6.36. The molecule has 1 heterocycles. The van der Waals surface area contributed by atoms with Crippen LogP contribution in [0.5, 0.6) is 5.75 Å². The largest absolute Gasteiger partial charge is 0.462 e. The van der Waals surface area contributed by atoms with Crippen LogP contribution < -0.4 is 10.5 Å². The zero-order valence-electron chi connectivity index (χ0n) is 15.0. The van der Waals surface area contributed by atoms with Gasteiger partial charge in [-0.3, -0.25) is 0 Å². The van der Waals surface area contributed by atoms with Gasteiger partial charge in [-0.25, -0.2) is 4.79 Å². The molecule has 0 aliphatic carbocycles. The Morgan fingerprint density at radius 3 is 2.46 bits per heavy atom. The summed E-state index contributed by atoms with van der Waals surface area (Å²) in [6.07, 6.45) is 0. The van der Waals surface area contributed by atoms with Crippen LogP contribution in [0.1, 0.15) is 24.0 Å². The Morgan fingerprint density at radius 2 is 1.79 bits per heavy atom. The summed E-state index contributed by atoms with van der Waals surface area (Å²) in [6.45, 7) is 1.97. The van der Waals surface area contributed by atoms with E-state index in [-0.39, 0.29) is 18.1 Å². The third-order valence-corrected chi connectivity index (χ3v) is 5.31. The van der Waals surface area contributed by atoms with E-state index < -0.39 is 11.9 Å². The summed E-state index contributed by atoms with van der Waals surface area (Å²) in [5, 5.41) is 2.85. The Kier molecular flexibility index (Phi) is 4.92. The minimum absolute atomic E-state index is 0.0263. The number of hydrogen-bond donors (Lipinski definition) is 1. The van der Waals surface area contributed by atoms with Crippen molar-refractivity contribution in [3.8, 4) is 5.75 Å². The predicted octanol–water partition coefficient (Wildman–Crippen LogP) is 5.40. The molecule has 28 heavy (non-hydrogen) atoms. The van der Waals surface area contributed by atoms with E-state index in [1.54, 1.807) is 19.1 Å². The number of carbonyl (C=O) groups excluding carboxylic acids is 1. The number of carbonyl (C=O) groups is 1. The van der Waals surface area contributed by atoms with Crippen LogP contribution in [0.2, 0.25) is 10.0 Å². The minimum Gasteiger partial charge on any atom is -0.462 e. The van der Waals surface area contributed by atoms with Gasteiger partial charge in [0.05, 0.1) is 12.5 Å². The maximum atomic E-state index is 12.7. The average molecular weight is 414 g/mol. The van der Waals surface area contributed by atoms with Gasteiger partial charge < -0.3 is 15.2 Å². The first-order valence-corrected chi connectivity index (χ1v) is 9.58. The second-order valence-corrected chi connectivity index (χ2v) is 7.25. The highest BCUT2D eigenvalue weighted by Crippen LogP contribution is 2.47. The number of rotatable bonds is 3. The molecule has 6 heteroatoms. The molecule has 0 saturated heterocycles. The molecule has 142 valence electrons. The lowest BCUT2D eigenvalue weighted by Gasteiger charge is -2.29. The Hall–Kier alpha value is -2.69. The Morgan fingerprint density at radius 1 is 1.11 bits per heavy atom. The first-order valence-electron chi connectivity index (χ1n) is 8.82. The van der Waals surface area contributed by atoms with Gasteiger partial charge in [-0.1, -0.05) is 59.6 Å². The lowest BCUT2D eigenvalue weighted by Crippen LogP contribution is -2.27. The molecule has 1 atom stereocenters. The van der Waals surface area contributed by atoms with E-state index in [0.717, 1.165) is 21.9 Å². The monoisotopic (exact) mass is 413 g/mol. The molecule has 0 amide bonds. The van der Waals surface area contributed by atoms with E-state index in [9.17, 15) is 4.79 Å². The predicted molar refractivity (Wildman–Crippen MR) is 111 cm³/mol. The number of esters is 1. The number of ether oxygens (including phenoxy) is 2. The number of nitrogens with two attached hydrogens (primary N) is 1. The van der Waals surface area contributed by atoms with E-state index in [1.807, 2.05) is 42.5 Å². The minimum atomic E-state index is -0.519. The molecule has 0 aromatic heterocycles. The van der Waals surface area contributed by atoms with Crippen LogP contribution in [0.25, 0.3) is 10.8 Å². The molecule has 0 saturated carbocycles. The van der Waals surface area contributed by atoms with E-state index in [4.69, 9.17) is 38.4 Å². The lowest BCUT2D eigenvalue weighted by molar-refractivity contribution is -0.139. The van der Waals surface area contributed by atoms with Gasteiger partial charge in [0.2, 0.25) is 5.88 Å². The molecule has 0 fully saturated rings. The molecule has 3 aromatic rings. The molecule has 1 aliphatic heterocycles. The molecule has 4 rings (SSSR count). The number of hydrogen-bond acceptors (Lipinski definition) is 4. The van der Waals surface area contributed by atoms with Gasteiger partial charge in [-0.05, 0) is 30.7 Å². The molecule has 0 bridgehead atoms. The average Bonchev–Trinajstić information content (AvgIpc) is 2.69. The third-order valence-electron chi connectivity index (χ3n) is 4.75. The Bertz CT molecular complexity index is 1110. The summed E-state index contributed by atoms with van der Waals surface area (Å²) in [4.78, 5) is 12.7. The standard InChI is InChI=1S/C22H17Cl2NO3/c1-2-27-22(26)19-18(12-7-9-13(23)10-8-12)16-11-17(24)14-5-3-4-6-15(14)20(16)28-21(19)25/h3-11,18H,2,25H2,1H3/t18-/m0/s1. The molecule has 3 aromatic carbocycles. The van der Waals surface area contributed by atoms with Crippen molar-refractivity contribution < 1.29 is 14.3 Å². The normalized spacial score (nSPS) is 15.9. The van der Waals surface area contributed by atoms with Crippen molar-refractivity contribution in [2.75, 3.05) is 6.61 Å². The summed E-state index contributed by atoms with van der Waals surface area (Å²) >= 11 is 12.6. The van der Waals surface area contributed by atoms with Gasteiger partial charge in [0.25, 0.3) is 0 Å². The second-order valence-electron chi connectivity index (χ2n) is 6.41. The molecule has 0 radical (unpaired) electrons. The van der Waals surface area contributed by atoms with Gasteiger partial charge in [-0.2, -0.15) is 0 Å².